The molecule has 0 unspecified atom stereocenters. The highest BCUT2D eigenvalue weighted by Crippen LogP contribution is 2.14. The molecule has 5 nitrogen and oxygen atoms in total. The van der Waals surface area contributed by atoms with Gasteiger partial charge in [0.15, 0.2) is 0 Å². The molecule has 2 aromatic carbocycles. The number of unbranched alkanes of at least 4 members (excludes halogenated alkanes) is 1. The molecule has 2 amide bonds. The van der Waals surface area contributed by atoms with Crippen molar-refractivity contribution in [1.82, 2.24) is 5.32 Å². The van der Waals surface area contributed by atoms with Crippen LogP contribution in [0.4, 0.5) is 10.5 Å². The Balaban J connectivity index is 1.99. The van der Waals surface area contributed by atoms with Crippen LogP contribution in [0.2, 0.25) is 0 Å². The Morgan fingerprint density at radius 2 is 1.72 bits per heavy atom. The number of nitrogens with one attached hydrogen (secondary N) is 1. The minimum atomic E-state index is -0.370. The summed E-state index contributed by atoms with van der Waals surface area (Å²) < 4.78 is 4.68. The Kier molecular flexibility index (Phi) is 7.01. The van der Waals surface area contributed by atoms with Crippen molar-refractivity contribution in [2.45, 2.75) is 26.3 Å². The molecule has 0 radical (unpaired) electrons. The van der Waals surface area contributed by atoms with E-state index < -0.39 is 0 Å². The highest BCUT2D eigenvalue weighted by atomic mass is 16.5. The fraction of sp³-hybridized carbons (Fsp3) is 0.300. The van der Waals surface area contributed by atoms with Gasteiger partial charge in [0.25, 0.3) is 0 Å². The van der Waals surface area contributed by atoms with Crippen LogP contribution in [0.25, 0.3) is 0 Å². The summed E-state index contributed by atoms with van der Waals surface area (Å²) in [5.41, 5.74) is 2.30. The third kappa shape index (κ3) is 5.35. The zero-order valence-corrected chi connectivity index (χ0v) is 14.7. The molecule has 2 aromatic rings. The van der Waals surface area contributed by atoms with Gasteiger partial charge in [-0.05, 0) is 36.2 Å². The van der Waals surface area contributed by atoms with Crippen molar-refractivity contribution < 1.29 is 14.3 Å². The third-order valence-electron chi connectivity index (χ3n) is 3.87. The Morgan fingerprint density at radius 3 is 2.32 bits per heavy atom. The van der Waals surface area contributed by atoms with Gasteiger partial charge in [0, 0.05) is 18.8 Å². The summed E-state index contributed by atoms with van der Waals surface area (Å²) in [6.07, 6.45) is 1.96. The molecule has 25 heavy (non-hydrogen) atoms. The minimum absolute atomic E-state index is 0.128. The molecule has 0 spiro atoms. The number of carbonyl (C=O) groups is 2. The predicted molar refractivity (Wildman–Crippen MR) is 98.7 cm³/mol. The summed E-state index contributed by atoms with van der Waals surface area (Å²) in [6.45, 7) is 3.17. The second-order valence-corrected chi connectivity index (χ2v) is 5.69. The van der Waals surface area contributed by atoms with Crippen molar-refractivity contribution in [1.29, 1.82) is 0 Å². The highest BCUT2D eigenvalue weighted by molar-refractivity contribution is 5.92. The van der Waals surface area contributed by atoms with Gasteiger partial charge < -0.3 is 10.1 Å². The molecule has 132 valence electrons. The van der Waals surface area contributed by atoms with Crippen molar-refractivity contribution in [2.75, 3.05) is 18.6 Å². The number of urea groups is 1. The van der Waals surface area contributed by atoms with E-state index in [0.29, 0.717) is 18.7 Å². The number of rotatable bonds is 7. The van der Waals surface area contributed by atoms with Crippen molar-refractivity contribution >= 4 is 17.7 Å². The molecule has 0 bridgehead atoms. The smallest absolute Gasteiger partial charge is 0.337 e. The number of benzene rings is 2. The second-order valence-electron chi connectivity index (χ2n) is 5.69. The standard InChI is InChI=1S/C20H24N2O3/c1-3-4-14-22(18-8-6-5-7-9-18)20(24)21-15-16-10-12-17(13-11-16)19(23)25-2/h5-13H,3-4,14-15H2,1-2H3,(H,21,24). The lowest BCUT2D eigenvalue weighted by atomic mass is 10.1. The summed E-state index contributed by atoms with van der Waals surface area (Å²) in [5.74, 6) is -0.370. The van der Waals surface area contributed by atoms with Gasteiger partial charge >= 0.3 is 12.0 Å². The maximum atomic E-state index is 12.6. The average molecular weight is 340 g/mol. The van der Waals surface area contributed by atoms with Crippen molar-refractivity contribution in [2.24, 2.45) is 0 Å². The molecule has 0 aliphatic heterocycles. The number of nitrogens with zero attached hydrogens (tertiary/aromatic N) is 1. The summed E-state index contributed by atoms with van der Waals surface area (Å²) in [4.78, 5) is 25.8. The normalized spacial score (nSPS) is 10.2. The van der Waals surface area contributed by atoms with Crippen LogP contribution in [0.15, 0.2) is 54.6 Å². The molecular weight excluding hydrogens is 316 g/mol. The van der Waals surface area contributed by atoms with Crippen LogP contribution in [-0.4, -0.2) is 25.7 Å². The van der Waals surface area contributed by atoms with E-state index in [0.717, 1.165) is 24.1 Å². The lowest BCUT2D eigenvalue weighted by Crippen LogP contribution is -2.40. The Morgan fingerprint density at radius 1 is 1.04 bits per heavy atom. The van der Waals surface area contributed by atoms with Crippen LogP contribution in [0.5, 0.6) is 0 Å². The lowest BCUT2D eigenvalue weighted by Gasteiger charge is -2.23. The SMILES string of the molecule is CCCCN(C(=O)NCc1ccc(C(=O)OC)cc1)c1ccccc1. The molecule has 0 saturated carbocycles. The molecule has 2 rings (SSSR count). The molecule has 0 fully saturated rings. The topological polar surface area (TPSA) is 58.6 Å². The van der Waals surface area contributed by atoms with Gasteiger partial charge in [0.05, 0.1) is 12.7 Å². The van der Waals surface area contributed by atoms with Crippen LogP contribution in [0.1, 0.15) is 35.7 Å². The number of para-hydroxylation sites is 1. The lowest BCUT2D eigenvalue weighted by molar-refractivity contribution is 0.0600. The van der Waals surface area contributed by atoms with Crippen LogP contribution < -0.4 is 10.2 Å². The van der Waals surface area contributed by atoms with E-state index in [2.05, 4.69) is 17.0 Å². The van der Waals surface area contributed by atoms with Crippen LogP contribution in [0.3, 0.4) is 0 Å². The molecule has 0 aliphatic carbocycles. The first kappa shape index (κ1) is 18.5. The van der Waals surface area contributed by atoms with Crippen LogP contribution in [0, 0.1) is 0 Å². The van der Waals surface area contributed by atoms with E-state index in [-0.39, 0.29) is 12.0 Å². The van der Waals surface area contributed by atoms with Gasteiger partial charge in [-0.3, -0.25) is 4.90 Å². The molecule has 1 N–H and O–H groups in total. The van der Waals surface area contributed by atoms with Gasteiger partial charge in [-0.1, -0.05) is 43.7 Å². The Labute approximate surface area is 148 Å². The molecule has 0 aromatic heterocycles. The number of anilines is 1. The number of amides is 2. The number of hydrogen-bond donors (Lipinski definition) is 1. The van der Waals surface area contributed by atoms with Gasteiger partial charge in [-0.25, -0.2) is 9.59 Å². The van der Waals surface area contributed by atoms with E-state index in [4.69, 9.17) is 0 Å². The second kappa shape index (κ2) is 9.47. The third-order valence-corrected chi connectivity index (χ3v) is 3.87. The highest BCUT2D eigenvalue weighted by Gasteiger charge is 2.14. The molecule has 0 saturated heterocycles. The van der Waals surface area contributed by atoms with Gasteiger partial charge in [0.2, 0.25) is 0 Å². The van der Waals surface area contributed by atoms with Gasteiger partial charge in [-0.2, -0.15) is 0 Å². The predicted octanol–water partition coefficient (Wildman–Crippen LogP) is 3.99. The van der Waals surface area contributed by atoms with E-state index in [1.54, 1.807) is 17.0 Å². The first-order chi connectivity index (χ1) is 12.2. The molecule has 0 atom stereocenters. The zero-order chi connectivity index (χ0) is 18.1. The van der Waals surface area contributed by atoms with E-state index in [9.17, 15) is 9.59 Å². The van der Waals surface area contributed by atoms with Gasteiger partial charge in [-0.15, -0.1) is 0 Å². The number of methoxy groups -OCH3 is 1. The quantitative estimate of drug-likeness (QED) is 0.775. The largest absolute Gasteiger partial charge is 0.465 e. The molecular formula is C20H24N2O3. The fourth-order valence-electron chi connectivity index (χ4n) is 2.42. The minimum Gasteiger partial charge on any atom is -0.465 e. The first-order valence-corrected chi connectivity index (χ1v) is 8.43. The first-order valence-electron chi connectivity index (χ1n) is 8.43. The van der Waals surface area contributed by atoms with Gasteiger partial charge in [0.1, 0.15) is 0 Å². The summed E-state index contributed by atoms with van der Waals surface area (Å²) in [7, 11) is 1.35. The van der Waals surface area contributed by atoms with E-state index in [1.807, 2.05) is 42.5 Å². The molecule has 0 heterocycles. The maximum absolute atomic E-state index is 12.6. The van der Waals surface area contributed by atoms with E-state index in [1.165, 1.54) is 7.11 Å². The number of ether oxygens (including phenoxy) is 1. The summed E-state index contributed by atoms with van der Waals surface area (Å²) in [6, 6.07) is 16.5. The Bertz CT molecular complexity index is 684. The van der Waals surface area contributed by atoms with Crippen molar-refractivity contribution in [3.63, 3.8) is 0 Å². The fourth-order valence-corrected chi connectivity index (χ4v) is 2.42. The van der Waals surface area contributed by atoms with Crippen molar-refractivity contribution in [3.05, 3.63) is 65.7 Å². The van der Waals surface area contributed by atoms with Crippen molar-refractivity contribution in [3.8, 4) is 0 Å². The summed E-state index contributed by atoms with van der Waals surface area (Å²) >= 11 is 0. The maximum Gasteiger partial charge on any atom is 0.337 e. The summed E-state index contributed by atoms with van der Waals surface area (Å²) in [5, 5.41) is 2.94. The number of carbonyl (C=O) groups excluding carboxylic acids is 2. The molecule has 5 heteroatoms. The zero-order valence-electron chi connectivity index (χ0n) is 14.7. The number of esters is 1. The van der Waals surface area contributed by atoms with Crippen LogP contribution in [-0.2, 0) is 11.3 Å². The van der Waals surface area contributed by atoms with E-state index >= 15 is 0 Å². The monoisotopic (exact) mass is 340 g/mol. The number of hydrogen-bond acceptors (Lipinski definition) is 3. The molecule has 0 aliphatic rings. The average Bonchev–Trinajstić information content (AvgIpc) is 2.67. The van der Waals surface area contributed by atoms with Crippen LogP contribution >= 0.6 is 0 Å². The Hall–Kier alpha value is -2.82.